The minimum absolute atomic E-state index is 0.152. The van der Waals surface area contributed by atoms with Crippen LogP contribution >= 0.6 is 0 Å². The van der Waals surface area contributed by atoms with Crippen LogP contribution in [0.2, 0.25) is 0 Å². The smallest absolute Gasteiger partial charge is 0.165 e. The fraction of sp³-hybridized carbons (Fsp3) is 0.600. The molecular weight excluding hydrogens is 279 g/mol. The highest BCUT2D eigenvalue weighted by Crippen LogP contribution is 2.21. The van der Waals surface area contributed by atoms with E-state index in [1.54, 1.807) is 20.1 Å². The van der Waals surface area contributed by atoms with Crippen LogP contribution in [0.1, 0.15) is 18.6 Å². The van der Waals surface area contributed by atoms with Crippen LogP contribution in [-0.4, -0.2) is 51.9 Å². The molecule has 0 saturated heterocycles. The summed E-state index contributed by atoms with van der Waals surface area (Å²) >= 11 is 0. The molecule has 0 aliphatic rings. The van der Waals surface area contributed by atoms with Crippen molar-refractivity contribution in [1.29, 1.82) is 0 Å². The number of benzene rings is 1. The van der Waals surface area contributed by atoms with Crippen molar-refractivity contribution in [1.82, 2.24) is 0 Å². The predicted octanol–water partition coefficient (Wildman–Crippen LogP) is 1.94. The van der Waals surface area contributed by atoms with Crippen LogP contribution in [0.15, 0.2) is 18.2 Å². The van der Waals surface area contributed by atoms with E-state index in [0.29, 0.717) is 38.6 Å². The average molecular weight is 302 g/mol. The third-order valence-electron chi connectivity index (χ3n) is 2.73. The highest BCUT2D eigenvalue weighted by atomic mass is 19.1. The molecule has 0 fully saturated rings. The maximum absolute atomic E-state index is 13.6. The van der Waals surface area contributed by atoms with Crippen LogP contribution < -0.4 is 4.74 Å². The average Bonchev–Trinajstić information content (AvgIpc) is 2.46. The molecule has 1 aromatic carbocycles. The fourth-order valence-electron chi connectivity index (χ4n) is 1.57. The van der Waals surface area contributed by atoms with Gasteiger partial charge in [0.15, 0.2) is 11.6 Å². The van der Waals surface area contributed by atoms with Gasteiger partial charge in [0, 0.05) is 7.11 Å². The quantitative estimate of drug-likeness (QED) is 0.633. The lowest BCUT2D eigenvalue weighted by Crippen LogP contribution is -2.12. The second kappa shape index (κ2) is 10.5. The summed E-state index contributed by atoms with van der Waals surface area (Å²) in [6, 6.07) is 4.41. The highest BCUT2D eigenvalue weighted by Gasteiger charge is 2.07. The zero-order valence-corrected chi connectivity index (χ0v) is 12.5. The van der Waals surface area contributed by atoms with Gasteiger partial charge in [-0.25, -0.2) is 4.39 Å². The summed E-state index contributed by atoms with van der Waals surface area (Å²) in [7, 11) is 1.62. The SMILES string of the molecule is COCCOCCOCCOc1ccc(C(C)O)cc1F. The molecule has 0 heterocycles. The molecule has 1 aromatic rings. The van der Waals surface area contributed by atoms with Crippen LogP contribution in [-0.2, 0) is 14.2 Å². The Labute approximate surface area is 124 Å². The van der Waals surface area contributed by atoms with E-state index in [1.807, 2.05) is 0 Å². The van der Waals surface area contributed by atoms with E-state index in [4.69, 9.17) is 18.9 Å². The van der Waals surface area contributed by atoms with Crippen molar-refractivity contribution in [3.63, 3.8) is 0 Å². The first-order chi connectivity index (χ1) is 10.1. The molecule has 6 heteroatoms. The first-order valence-corrected chi connectivity index (χ1v) is 6.90. The second-order valence-electron chi connectivity index (χ2n) is 4.43. The number of aliphatic hydroxyl groups excluding tert-OH is 1. The number of hydrogen-bond donors (Lipinski definition) is 1. The lowest BCUT2D eigenvalue weighted by molar-refractivity contribution is 0.0177. The van der Waals surface area contributed by atoms with Crippen molar-refractivity contribution >= 4 is 0 Å². The minimum Gasteiger partial charge on any atom is -0.488 e. The van der Waals surface area contributed by atoms with Gasteiger partial charge in [0.2, 0.25) is 0 Å². The molecule has 1 atom stereocenters. The largest absolute Gasteiger partial charge is 0.488 e. The first-order valence-electron chi connectivity index (χ1n) is 6.90. The summed E-state index contributed by atoms with van der Waals surface area (Å²) in [4.78, 5) is 0. The molecule has 0 radical (unpaired) electrons. The Morgan fingerprint density at radius 1 is 1.05 bits per heavy atom. The Hall–Kier alpha value is -1.21. The molecule has 1 rings (SSSR count). The number of aliphatic hydroxyl groups is 1. The number of hydrogen-bond acceptors (Lipinski definition) is 5. The van der Waals surface area contributed by atoms with E-state index in [9.17, 15) is 9.50 Å². The normalized spacial score (nSPS) is 12.4. The van der Waals surface area contributed by atoms with E-state index in [0.717, 1.165) is 0 Å². The van der Waals surface area contributed by atoms with Gasteiger partial charge in [-0.1, -0.05) is 6.07 Å². The summed E-state index contributed by atoms with van der Waals surface area (Å²) in [5.74, 6) is -0.337. The maximum atomic E-state index is 13.6. The number of methoxy groups -OCH3 is 1. The standard InChI is InChI=1S/C15H23FO5/c1-12(17)13-3-4-15(14(16)11-13)21-10-9-20-8-7-19-6-5-18-2/h3-4,11-12,17H,5-10H2,1-2H3. The van der Waals surface area contributed by atoms with Crippen molar-refractivity contribution < 1.29 is 28.4 Å². The second-order valence-corrected chi connectivity index (χ2v) is 4.43. The molecule has 0 aromatic heterocycles. The third kappa shape index (κ3) is 7.38. The molecule has 0 aliphatic carbocycles. The van der Waals surface area contributed by atoms with Crippen molar-refractivity contribution in [3.8, 4) is 5.75 Å². The van der Waals surface area contributed by atoms with Crippen molar-refractivity contribution in [2.45, 2.75) is 13.0 Å². The van der Waals surface area contributed by atoms with E-state index < -0.39 is 11.9 Å². The Kier molecular flexibility index (Phi) is 8.93. The van der Waals surface area contributed by atoms with Gasteiger partial charge in [-0.3, -0.25) is 0 Å². The van der Waals surface area contributed by atoms with Gasteiger partial charge in [0.25, 0.3) is 0 Å². The molecule has 5 nitrogen and oxygen atoms in total. The molecule has 0 aliphatic heterocycles. The minimum atomic E-state index is -0.699. The third-order valence-corrected chi connectivity index (χ3v) is 2.73. The van der Waals surface area contributed by atoms with E-state index >= 15 is 0 Å². The van der Waals surface area contributed by atoms with Crippen LogP contribution in [0.5, 0.6) is 5.75 Å². The zero-order valence-electron chi connectivity index (χ0n) is 12.5. The highest BCUT2D eigenvalue weighted by molar-refractivity contribution is 5.30. The number of ether oxygens (including phenoxy) is 4. The summed E-state index contributed by atoms with van der Waals surface area (Å²) in [5.41, 5.74) is 0.518. The van der Waals surface area contributed by atoms with Crippen molar-refractivity contribution in [3.05, 3.63) is 29.6 Å². The molecule has 1 N–H and O–H groups in total. The summed E-state index contributed by atoms with van der Waals surface area (Å²) < 4.78 is 34.3. The summed E-state index contributed by atoms with van der Waals surface area (Å²) in [6.07, 6.45) is -0.699. The Balaban J connectivity index is 2.13. The van der Waals surface area contributed by atoms with E-state index in [2.05, 4.69) is 0 Å². The summed E-state index contributed by atoms with van der Waals surface area (Å²) in [6.45, 7) is 4.23. The van der Waals surface area contributed by atoms with Gasteiger partial charge in [0.1, 0.15) is 6.61 Å². The zero-order chi connectivity index (χ0) is 15.5. The summed E-state index contributed by atoms with van der Waals surface area (Å²) in [5, 5.41) is 9.34. The van der Waals surface area contributed by atoms with Crippen LogP contribution in [0.25, 0.3) is 0 Å². The molecule has 120 valence electrons. The first kappa shape index (κ1) is 17.8. The van der Waals surface area contributed by atoms with Crippen molar-refractivity contribution in [2.75, 3.05) is 46.8 Å². The number of rotatable bonds is 11. The van der Waals surface area contributed by atoms with E-state index in [-0.39, 0.29) is 12.4 Å². The topological polar surface area (TPSA) is 57.2 Å². The Morgan fingerprint density at radius 3 is 2.24 bits per heavy atom. The number of halogens is 1. The molecule has 0 spiro atoms. The van der Waals surface area contributed by atoms with Gasteiger partial charge in [0.05, 0.1) is 39.1 Å². The molecule has 21 heavy (non-hydrogen) atoms. The van der Waals surface area contributed by atoms with Gasteiger partial charge < -0.3 is 24.1 Å². The van der Waals surface area contributed by atoms with Gasteiger partial charge in [-0.2, -0.15) is 0 Å². The predicted molar refractivity (Wildman–Crippen MR) is 76.0 cm³/mol. The van der Waals surface area contributed by atoms with Gasteiger partial charge in [-0.15, -0.1) is 0 Å². The van der Waals surface area contributed by atoms with Crippen LogP contribution in [0, 0.1) is 5.82 Å². The van der Waals surface area contributed by atoms with Crippen LogP contribution in [0.3, 0.4) is 0 Å². The lowest BCUT2D eigenvalue weighted by atomic mass is 10.1. The van der Waals surface area contributed by atoms with E-state index in [1.165, 1.54) is 12.1 Å². The monoisotopic (exact) mass is 302 g/mol. The van der Waals surface area contributed by atoms with Gasteiger partial charge in [-0.05, 0) is 24.6 Å². The Bertz CT molecular complexity index is 398. The molecule has 0 amide bonds. The van der Waals surface area contributed by atoms with Gasteiger partial charge >= 0.3 is 0 Å². The van der Waals surface area contributed by atoms with Crippen molar-refractivity contribution in [2.24, 2.45) is 0 Å². The van der Waals surface area contributed by atoms with Crippen LogP contribution in [0.4, 0.5) is 4.39 Å². The molecule has 0 saturated carbocycles. The fourth-order valence-corrected chi connectivity index (χ4v) is 1.57. The Morgan fingerprint density at radius 2 is 1.67 bits per heavy atom. The molecular formula is C15H23FO5. The maximum Gasteiger partial charge on any atom is 0.165 e. The lowest BCUT2D eigenvalue weighted by Gasteiger charge is -2.10. The molecule has 1 unspecified atom stereocenters. The molecule has 0 bridgehead atoms.